The highest BCUT2D eigenvalue weighted by Gasteiger charge is 2.25. The van der Waals surface area contributed by atoms with E-state index in [1.54, 1.807) is 57.5 Å². The number of carbonyl (C=O) groups is 12. The Bertz CT molecular complexity index is 1900. The summed E-state index contributed by atoms with van der Waals surface area (Å²) in [5.41, 5.74) is 11.5. The first-order valence-electron chi connectivity index (χ1n) is 31.5. The summed E-state index contributed by atoms with van der Waals surface area (Å²) in [6.45, 7) is 15.7. The number of nitrogens with two attached hydrogens (primary N) is 2. The predicted octanol–water partition coefficient (Wildman–Crippen LogP) is 6.97. The number of hydrogen-bond acceptors (Lipinski definition) is 22. The van der Waals surface area contributed by atoms with E-state index in [-0.39, 0.29) is 81.7 Å². The minimum atomic E-state index is -1.11. The van der Waals surface area contributed by atoms with Gasteiger partial charge in [0.15, 0.2) is 6.04 Å². The van der Waals surface area contributed by atoms with Crippen molar-refractivity contribution in [2.75, 3.05) is 98.0 Å². The number of carboxylic acids is 8. The average Bonchev–Trinajstić information content (AvgIpc) is 2.19. The number of carbonyl (C=O) groups excluding carboxylic acids is 4. The number of carboxylic acid groups (broad SMARTS) is 8. The van der Waals surface area contributed by atoms with Crippen LogP contribution in [0.15, 0.2) is 0 Å². The normalized spacial score (nSPS) is 13.0. The van der Waals surface area contributed by atoms with Gasteiger partial charge in [-0.25, -0.2) is 24.0 Å². The molecule has 0 aromatic carbocycles. The summed E-state index contributed by atoms with van der Waals surface area (Å²) in [7, 11) is 7.00. The predicted molar refractivity (Wildman–Crippen MR) is 379 cm³/mol. The maximum Gasteiger partial charge on any atom is 0.407 e. The van der Waals surface area contributed by atoms with Crippen molar-refractivity contribution in [1.82, 2.24) is 21.3 Å². The lowest BCUT2D eigenvalue weighted by atomic mass is 10.1. The fourth-order valence-electron chi connectivity index (χ4n) is 6.39. The van der Waals surface area contributed by atoms with Gasteiger partial charge >= 0.3 is 53.8 Å². The molecule has 0 heterocycles. The molecule has 576 valence electrons. The topological polar surface area (TPSA) is 513 Å². The van der Waals surface area contributed by atoms with Crippen LogP contribution in [0.2, 0.25) is 0 Å². The standard InChI is InChI=1S/2C14H28N2O3.C8H15NO5.C6H11NO4S.2C5H10O3.2C5H10O2S.CH4/c2*1-3-5-7-9-11(15)13(17)16-12(14(18)19)10-8-6-4-2;1-13-4-3-7(10)9-6(5-14-2)8(11)12;1-11-6(10)7-4(3-12-2)5(8)9;4*1-4(3-8-2)5(6)7;/h2*11-12H,3-10,15H2,1-2H3,(H,16,17)(H,18,19);6H,3-5H2,1-2H3,(H,9,10)(H,11,12);4H,3H2,1-2H3,(H,7,10)(H,8,9);4*4H,3H2,1-2H3,(H,6,7);1H4. The van der Waals surface area contributed by atoms with Gasteiger partial charge in [0.1, 0.15) is 18.1 Å². The summed E-state index contributed by atoms with van der Waals surface area (Å²) in [6, 6.07) is -4.69. The monoisotopic (exact) mass is 1460 g/mol. The molecule has 34 heteroatoms. The van der Waals surface area contributed by atoms with E-state index in [4.69, 9.17) is 52.3 Å². The molecule has 0 saturated heterocycles. The maximum atomic E-state index is 11.8. The zero-order chi connectivity index (χ0) is 76.2. The number of alkyl carbamates (subject to hydrolysis) is 1. The van der Waals surface area contributed by atoms with Gasteiger partial charge in [-0.05, 0) is 58.3 Å². The second kappa shape index (κ2) is 77.6. The molecule has 0 fully saturated rings. The molecular weight excluding hydrogens is 1340 g/mol. The highest BCUT2D eigenvalue weighted by atomic mass is 32.2. The summed E-state index contributed by atoms with van der Waals surface area (Å²) < 4.78 is 22.7. The van der Waals surface area contributed by atoms with Crippen LogP contribution in [0.1, 0.15) is 172 Å². The number of methoxy groups -OCH3 is 5. The van der Waals surface area contributed by atoms with Gasteiger partial charge < -0.3 is 97.3 Å². The Kier molecular flexibility index (Phi) is 87.9. The Morgan fingerprint density at radius 2 is 0.670 bits per heavy atom. The number of thioether (sulfide) groups is 3. The number of nitrogens with one attached hydrogen (secondary N) is 4. The molecule has 16 N–H and O–H groups in total. The molecule has 0 aliphatic rings. The van der Waals surface area contributed by atoms with E-state index in [9.17, 15) is 57.5 Å². The lowest BCUT2D eigenvalue weighted by molar-refractivity contribution is -0.143. The largest absolute Gasteiger partial charge is 0.481 e. The van der Waals surface area contributed by atoms with Crippen molar-refractivity contribution in [3.05, 3.63) is 0 Å². The van der Waals surface area contributed by atoms with Gasteiger partial charge in [0.2, 0.25) is 17.7 Å². The van der Waals surface area contributed by atoms with E-state index in [2.05, 4.69) is 72.6 Å². The van der Waals surface area contributed by atoms with Gasteiger partial charge in [-0.15, -0.1) is 0 Å². The summed E-state index contributed by atoms with van der Waals surface area (Å²) in [5, 5.41) is 78.0. The third kappa shape index (κ3) is 79.1. The SMILES string of the molecule is C.CCCCCC(N)C(=O)NC(CCCCC)C(=O)O.CCCCCC(N)C(=O)NC(CCCCC)C(=O)O.COC(=O)NC(CSC)C(=O)O.COCC(C)C(=O)O.COCC(C)C(=O)O.COCCC(=O)NC(COC)C(=O)O.CSCC(C)C(=O)O.CSCC(C)C(=O)O. The van der Waals surface area contributed by atoms with E-state index >= 15 is 0 Å². The summed E-state index contributed by atoms with van der Waals surface area (Å²) in [6.07, 6.45) is 18.8. The highest BCUT2D eigenvalue weighted by molar-refractivity contribution is 7.99. The van der Waals surface area contributed by atoms with Crippen LogP contribution in [0.3, 0.4) is 0 Å². The Morgan fingerprint density at radius 1 is 0.371 bits per heavy atom. The molecule has 10 unspecified atom stereocenters. The van der Waals surface area contributed by atoms with Crippen LogP contribution in [0.5, 0.6) is 0 Å². The third-order valence-corrected chi connectivity index (χ3v) is 14.6. The van der Waals surface area contributed by atoms with E-state index in [0.29, 0.717) is 42.9 Å². The van der Waals surface area contributed by atoms with Crippen molar-refractivity contribution in [2.24, 2.45) is 35.1 Å². The average molecular weight is 1460 g/mol. The van der Waals surface area contributed by atoms with Crippen molar-refractivity contribution in [1.29, 1.82) is 0 Å². The molecule has 0 aliphatic heterocycles. The number of ether oxygens (including phenoxy) is 5. The van der Waals surface area contributed by atoms with Crippen molar-refractivity contribution in [2.45, 2.75) is 208 Å². The van der Waals surface area contributed by atoms with Crippen LogP contribution in [0.25, 0.3) is 0 Å². The molecule has 0 spiro atoms. The van der Waals surface area contributed by atoms with Gasteiger partial charge in [0.25, 0.3) is 0 Å². The number of aliphatic carboxylic acids is 8. The van der Waals surface area contributed by atoms with E-state index in [1.165, 1.54) is 47.3 Å². The summed E-state index contributed by atoms with van der Waals surface area (Å²) in [5.74, 6) is -7.69. The Hall–Kier alpha value is -5.75. The Labute approximate surface area is 589 Å². The van der Waals surface area contributed by atoms with Crippen LogP contribution < -0.4 is 32.7 Å². The second-order valence-electron chi connectivity index (χ2n) is 21.4. The summed E-state index contributed by atoms with van der Waals surface area (Å²) >= 11 is 4.45. The Balaban J connectivity index is -0.000000134. The van der Waals surface area contributed by atoms with E-state index in [1.807, 2.05) is 12.5 Å². The van der Waals surface area contributed by atoms with Crippen molar-refractivity contribution < 1.29 is 122 Å². The summed E-state index contributed by atoms with van der Waals surface area (Å²) in [4.78, 5) is 129. The van der Waals surface area contributed by atoms with Gasteiger partial charge in [-0.1, -0.05) is 126 Å². The minimum Gasteiger partial charge on any atom is -0.481 e. The number of unbranched alkanes of at least 4 members (excludes halogenated alkanes) is 8. The molecule has 4 amide bonds. The molecule has 0 aromatic rings. The third-order valence-electron chi connectivity index (χ3n) is 12.3. The van der Waals surface area contributed by atoms with Crippen LogP contribution in [0, 0.1) is 23.7 Å². The van der Waals surface area contributed by atoms with Crippen molar-refractivity contribution >= 4 is 107 Å². The van der Waals surface area contributed by atoms with Crippen LogP contribution in [-0.4, -0.2) is 247 Å². The molecule has 0 aromatic heterocycles. The zero-order valence-corrected chi connectivity index (χ0v) is 62.1. The molecule has 0 radical (unpaired) electrons. The lowest BCUT2D eigenvalue weighted by Gasteiger charge is -2.17. The molecule has 0 saturated carbocycles. The van der Waals surface area contributed by atoms with Gasteiger partial charge in [0.05, 0.1) is 69.3 Å². The lowest BCUT2D eigenvalue weighted by Crippen LogP contribution is -2.48. The van der Waals surface area contributed by atoms with Gasteiger partial charge in [-0.3, -0.25) is 33.6 Å². The molecule has 0 bridgehead atoms. The number of amides is 4. The first-order chi connectivity index (χ1) is 45.0. The highest BCUT2D eigenvalue weighted by Crippen LogP contribution is 2.09. The number of hydrogen-bond donors (Lipinski definition) is 14. The molecular formula is C63H126N6O25S3. The second-order valence-corrected chi connectivity index (χ2v) is 24.1. The fraction of sp³-hybridized carbons (Fsp3) is 0.810. The quantitative estimate of drug-likeness (QED) is 0.0274. The Morgan fingerprint density at radius 3 is 0.887 bits per heavy atom. The van der Waals surface area contributed by atoms with E-state index < -0.39 is 90.1 Å². The zero-order valence-electron chi connectivity index (χ0n) is 59.6. The molecule has 97 heavy (non-hydrogen) atoms. The van der Waals surface area contributed by atoms with Crippen molar-refractivity contribution in [3.8, 4) is 0 Å². The molecule has 10 atom stereocenters. The molecule has 0 aliphatic carbocycles. The molecule has 0 rings (SSSR count). The number of rotatable bonds is 45. The molecule has 31 nitrogen and oxygen atoms in total. The van der Waals surface area contributed by atoms with Crippen LogP contribution in [0.4, 0.5) is 4.79 Å². The maximum absolute atomic E-state index is 11.8. The van der Waals surface area contributed by atoms with E-state index in [0.717, 1.165) is 77.0 Å². The van der Waals surface area contributed by atoms with Gasteiger partial charge in [0, 0.05) is 52.1 Å². The van der Waals surface area contributed by atoms with Crippen LogP contribution >= 0.6 is 35.3 Å². The minimum absolute atomic E-state index is 0. The smallest absolute Gasteiger partial charge is 0.407 e. The van der Waals surface area contributed by atoms with Crippen molar-refractivity contribution in [3.63, 3.8) is 0 Å². The fourth-order valence-corrected chi connectivity index (χ4v) is 8.23. The van der Waals surface area contributed by atoms with Crippen LogP contribution in [-0.2, 0) is 76.4 Å². The first-order valence-corrected chi connectivity index (χ1v) is 35.7. The van der Waals surface area contributed by atoms with Gasteiger partial charge in [-0.2, -0.15) is 35.3 Å². The first kappa shape index (κ1) is 110.